The Kier molecular flexibility index (Phi) is 5.87. The van der Waals surface area contributed by atoms with E-state index in [1.54, 1.807) is 6.26 Å². The summed E-state index contributed by atoms with van der Waals surface area (Å²) in [5.74, 6) is 8.13. The second kappa shape index (κ2) is 8.50. The van der Waals surface area contributed by atoms with Gasteiger partial charge in [0.2, 0.25) is 5.82 Å². The minimum Gasteiger partial charge on any atom is -0.461 e. The average molecular weight is 353 g/mol. The zero-order valence-corrected chi connectivity index (χ0v) is 15.2. The van der Waals surface area contributed by atoms with Crippen LogP contribution in [0.25, 0.3) is 22.7 Å². The van der Waals surface area contributed by atoms with Gasteiger partial charge >= 0.3 is 0 Å². The van der Waals surface area contributed by atoms with E-state index in [0.717, 1.165) is 19.3 Å². The first kappa shape index (κ1) is 18.0. The third kappa shape index (κ3) is 3.86. The zero-order valence-electron chi connectivity index (χ0n) is 15.2. The molecular weight excluding hydrogens is 330 g/mol. The number of ether oxygens (including phenoxy) is 1. The molecule has 0 amide bonds. The van der Waals surface area contributed by atoms with Crippen molar-refractivity contribution in [3.05, 3.63) is 24.2 Å². The first-order valence-electron chi connectivity index (χ1n) is 8.88. The molecule has 0 atom stereocenters. The predicted molar refractivity (Wildman–Crippen MR) is 100 cm³/mol. The van der Waals surface area contributed by atoms with E-state index >= 15 is 0 Å². The van der Waals surface area contributed by atoms with Crippen molar-refractivity contribution in [2.75, 3.05) is 18.9 Å². The molecule has 0 aliphatic carbocycles. The fourth-order valence-corrected chi connectivity index (χ4v) is 2.59. The number of imidazole rings is 1. The van der Waals surface area contributed by atoms with Gasteiger partial charge in [-0.15, -0.1) is 0 Å². The predicted octanol–water partition coefficient (Wildman–Crippen LogP) is 3.25. The Hall–Kier alpha value is -2.85. The molecule has 0 radical (unpaired) electrons. The highest BCUT2D eigenvalue weighted by molar-refractivity contribution is 5.85. The smallest absolute Gasteiger partial charge is 0.208 e. The molecule has 0 aromatic carbocycles. The quantitative estimate of drug-likeness (QED) is 0.518. The fourth-order valence-electron chi connectivity index (χ4n) is 2.59. The number of rotatable bonds is 7. The highest BCUT2D eigenvalue weighted by Gasteiger charge is 2.19. The molecule has 7 nitrogen and oxygen atoms in total. The summed E-state index contributed by atoms with van der Waals surface area (Å²) in [6.07, 6.45) is 4.59. The number of anilines is 1. The lowest BCUT2D eigenvalue weighted by Crippen LogP contribution is -2.09. The summed E-state index contributed by atoms with van der Waals surface area (Å²) in [4.78, 5) is 13.5. The van der Waals surface area contributed by atoms with Crippen LogP contribution in [-0.2, 0) is 11.3 Å². The SMILES string of the molecule is CCCCC#Cc1nc(N)c2nc(-c3ccco3)n(CCOCC)c2n1. The minimum atomic E-state index is 0.317. The van der Waals surface area contributed by atoms with E-state index in [9.17, 15) is 0 Å². The van der Waals surface area contributed by atoms with E-state index in [1.807, 2.05) is 23.6 Å². The molecular formula is C19H23N5O2. The van der Waals surface area contributed by atoms with Crippen molar-refractivity contribution in [1.82, 2.24) is 19.5 Å². The van der Waals surface area contributed by atoms with Crippen molar-refractivity contribution < 1.29 is 9.15 Å². The number of nitrogens with two attached hydrogens (primary N) is 1. The van der Waals surface area contributed by atoms with Crippen LogP contribution in [0.1, 0.15) is 38.9 Å². The maximum absolute atomic E-state index is 6.12. The molecule has 0 bridgehead atoms. The van der Waals surface area contributed by atoms with Crippen LogP contribution in [0.3, 0.4) is 0 Å². The summed E-state index contributed by atoms with van der Waals surface area (Å²) >= 11 is 0. The third-order valence-corrected chi connectivity index (χ3v) is 3.88. The molecule has 0 saturated carbocycles. The molecule has 3 aromatic heterocycles. The molecule has 0 spiro atoms. The maximum Gasteiger partial charge on any atom is 0.208 e. The standard InChI is InChI=1S/C19H23N5O2/c1-3-5-6-7-10-15-21-17(20)16-19(22-15)24(11-13-25-4-2)18(23-16)14-9-8-12-26-14/h8-9,12H,3-6,11,13H2,1-2H3,(H2,20,21,22). The lowest BCUT2D eigenvalue weighted by Gasteiger charge is -2.07. The summed E-state index contributed by atoms with van der Waals surface area (Å²) < 4.78 is 13.0. The van der Waals surface area contributed by atoms with Gasteiger partial charge in [-0.3, -0.25) is 0 Å². The van der Waals surface area contributed by atoms with E-state index in [1.165, 1.54) is 0 Å². The van der Waals surface area contributed by atoms with Crippen molar-refractivity contribution >= 4 is 17.0 Å². The van der Waals surface area contributed by atoms with Crippen LogP contribution in [0.4, 0.5) is 5.82 Å². The van der Waals surface area contributed by atoms with E-state index in [0.29, 0.717) is 54.1 Å². The fraction of sp³-hybridized carbons (Fsp3) is 0.421. The Morgan fingerprint density at radius 3 is 2.88 bits per heavy atom. The number of hydrogen-bond acceptors (Lipinski definition) is 6. The molecule has 136 valence electrons. The van der Waals surface area contributed by atoms with E-state index in [2.05, 4.69) is 33.7 Å². The minimum absolute atomic E-state index is 0.317. The lowest BCUT2D eigenvalue weighted by atomic mass is 10.2. The summed E-state index contributed by atoms with van der Waals surface area (Å²) in [6.45, 7) is 5.86. The van der Waals surface area contributed by atoms with Gasteiger partial charge in [0.25, 0.3) is 0 Å². The number of nitrogen functional groups attached to an aromatic ring is 1. The number of nitrogens with zero attached hydrogens (tertiary/aromatic N) is 4. The third-order valence-electron chi connectivity index (χ3n) is 3.88. The van der Waals surface area contributed by atoms with Gasteiger partial charge < -0.3 is 19.5 Å². The molecule has 7 heteroatoms. The second-order valence-corrected chi connectivity index (χ2v) is 5.77. The molecule has 3 aromatic rings. The Bertz CT molecular complexity index is 919. The number of unbranched alkanes of at least 4 members (excludes halogenated alkanes) is 2. The molecule has 2 N–H and O–H groups in total. The van der Waals surface area contributed by atoms with Crippen molar-refractivity contribution in [2.45, 2.75) is 39.7 Å². The highest BCUT2D eigenvalue weighted by atomic mass is 16.5. The van der Waals surface area contributed by atoms with Gasteiger partial charge in [-0.1, -0.05) is 19.3 Å². The number of hydrogen-bond donors (Lipinski definition) is 1. The molecule has 0 aliphatic rings. The zero-order chi connectivity index (χ0) is 18.4. The summed E-state index contributed by atoms with van der Waals surface area (Å²) in [6, 6.07) is 3.68. The Morgan fingerprint density at radius 1 is 1.27 bits per heavy atom. The van der Waals surface area contributed by atoms with Gasteiger partial charge in [-0.2, -0.15) is 0 Å². The second-order valence-electron chi connectivity index (χ2n) is 5.77. The van der Waals surface area contributed by atoms with Crippen LogP contribution < -0.4 is 5.73 Å². The number of fused-ring (bicyclic) bond motifs is 1. The molecule has 26 heavy (non-hydrogen) atoms. The average Bonchev–Trinajstić information content (AvgIpc) is 3.27. The van der Waals surface area contributed by atoms with Crippen molar-refractivity contribution in [2.24, 2.45) is 0 Å². The Labute approximate surface area is 152 Å². The van der Waals surface area contributed by atoms with E-state index < -0.39 is 0 Å². The van der Waals surface area contributed by atoms with Gasteiger partial charge in [0.05, 0.1) is 12.9 Å². The largest absolute Gasteiger partial charge is 0.461 e. The maximum atomic E-state index is 6.12. The summed E-state index contributed by atoms with van der Waals surface area (Å²) in [7, 11) is 0. The van der Waals surface area contributed by atoms with Gasteiger partial charge in [-0.05, 0) is 31.4 Å². The van der Waals surface area contributed by atoms with Crippen LogP contribution in [0.5, 0.6) is 0 Å². The van der Waals surface area contributed by atoms with Crippen LogP contribution in [0, 0.1) is 11.8 Å². The highest BCUT2D eigenvalue weighted by Crippen LogP contribution is 2.26. The van der Waals surface area contributed by atoms with E-state index in [4.69, 9.17) is 14.9 Å². The summed E-state index contributed by atoms with van der Waals surface area (Å²) in [5.41, 5.74) is 7.31. The molecule has 3 heterocycles. The monoisotopic (exact) mass is 353 g/mol. The van der Waals surface area contributed by atoms with Crippen molar-refractivity contribution in [3.8, 4) is 23.4 Å². The van der Waals surface area contributed by atoms with Crippen LogP contribution in [0.2, 0.25) is 0 Å². The Balaban J connectivity index is 2.05. The number of aromatic nitrogens is 4. The number of furan rings is 1. The first-order valence-corrected chi connectivity index (χ1v) is 8.88. The van der Waals surface area contributed by atoms with Gasteiger partial charge in [-0.25, -0.2) is 15.0 Å². The van der Waals surface area contributed by atoms with Crippen LogP contribution in [-0.4, -0.2) is 32.7 Å². The van der Waals surface area contributed by atoms with Crippen LogP contribution in [0.15, 0.2) is 22.8 Å². The van der Waals surface area contributed by atoms with Gasteiger partial charge in [0.1, 0.15) is 0 Å². The lowest BCUT2D eigenvalue weighted by molar-refractivity contribution is 0.140. The molecule has 0 saturated heterocycles. The summed E-state index contributed by atoms with van der Waals surface area (Å²) in [5, 5.41) is 0. The van der Waals surface area contributed by atoms with Gasteiger partial charge in [0.15, 0.2) is 28.6 Å². The van der Waals surface area contributed by atoms with E-state index in [-0.39, 0.29) is 0 Å². The Morgan fingerprint density at radius 2 is 2.15 bits per heavy atom. The molecule has 0 aliphatic heterocycles. The van der Waals surface area contributed by atoms with Crippen LogP contribution >= 0.6 is 0 Å². The first-order chi connectivity index (χ1) is 12.7. The van der Waals surface area contributed by atoms with Crippen molar-refractivity contribution in [3.63, 3.8) is 0 Å². The normalized spacial score (nSPS) is 10.8. The topological polar surface area (TPSA) is 92.0 Å². The van der Waals surface area contributed by atoms with Crippen molar-refractivity contribution in [1.29, 1.82) is 0 Å². The molecule has 0 fully saturated rings. The van der Waals surface area contributed by atoms with Gasteiger partial charge in [0, 0.05) is 19.6 Å². The molecule has 3 rings (SSSR count). The molecule has 0 unspecified atom stereocenters.